The number of carbonyl (C=O) groups is 1. The number of amides is 1. The average molecular weight is 501 g/mol. The molecule has 3 heterocycles. The Bertz CT molecular complexity index is 966. The number of hydrogen-bond donors (Lipinski definition) is 0. The van der Waals surface area contributed by atoms with Gasteiger partial charge in [-0.25, -0.2) is 8.42 Å². The quantitative estimate of drug-likeness (QED) is 0.646. The lowest BCUT2D eigenvalue weighted by Gasteiger charge is -2.33. The van der Waals surface area contributed by atoms with Gasteiger partial charge in [-0.1, -0.05) is 6.07 Å². The van der Waals surface area contributed by atoms with Crippen LogP contribution in [-0.2, 0) is 27.5 Å². The van der Waals surface area contributed by atoms with Gasteiger partial charge in [-0.3, -0.25) is 9.48 Å². The Balaban J connectivity index is 1.65. The number of hydrogen-bond acceptors (Lipinski definition) is 5. The highest BCUT2D eigenvalue weighted by Crippen LogP contribution is 2.35. The summed E-state index contributed by atoms with van der Waals surface area (Å²) >= 11 is 3.99. The number of rotatable bonds is 4. The lowest BCUT2D eigenvalue weighted by molar-refractivity contribution is -0.142. The molecule has 2 aromatic heterocycles. The van der Waals surface area contributed by atoms with Crippen LogP contribution in [0.1, 0.15) is 11.4 Å². The summed E-state index contributed by atoms with van der Waals surface area (Å²) in [5, 5.41) is 5.17. The van der Waals surface area contributed by atoms with Crippen LogP contribution in [0.25, 0.3) is 0 Å². The van der Waals surface area contributed by atoms with E-state index in [4.69, 9.17) is 0 Å². The number of carbonyl (C=O) groups excluding carboxylic acids is 1. The minimum Gasteiger partial charge on any atom is -0.338 e. The Morgan fingerprint density at radius 2 is 1.93 bits per heavy atom. The van der Waals surface area contributed by atoms with E-state index in [0.29, 0.717) is 0 Å². The van der Waals surface area contributed by atoms with Crippen LogP contribution in [0, 0.1) is 6.92 Å². The largest absolute Gasteiger partial charge is 0.436 e. The van der Waals surface area contributed by atoms with Gasteiger partial charge in [0.25, 0.3) is 10.0 Å². The van der Waals surface area contributed by atoms with Gasteiger partial charge in [0.05, 0.1) is 10.2 Å². The third-order valence-corrected chi connectivity index (χ3v) is 8.59. The molecule has 3 rings (SSSR count). The number of alkyl halides is 3. The first-order chi connectivity index (χ1) is 13.0. The zero-order valence-corrected chi connectivity index (χ0v) is 17.8. The second-order valence-electron chi connectivity index (χ2n) is 6.12. The number of nitrogens with zero attached hydrogens (tertiary/aromatic N) is 4. The van der Waals surface area contributed by atoms with Gasteiger partial charge >= 0.3 is 6.18 Å². The third kappa shape index (κ3) is 4.11. The van der Waals surface area contributed by atoms with Crippen molar-refractivity contribution in [3.05, 3.63) is 33.4 Å². The maximum atomic E-state index is 12.9. The van der Waals surface area contributed by atoms with Crippen LogP contribution in [0.15, 0.2) is 26.2 Å². The predicted octanol–water partition coefficient (Wildman–Crippen LogP) is 2.57. The fourth-order valence-electron chi connectivity index (χ4n) is 2.80. The number of thiophene rings is 1. The van der Waals surface area contributed by atoms with Gasteiger partial charge in [-0.05, 0) is 34.3 Å². The second-order valence-corrected chi connectivity index (χ2v) is 10.0. The zero-order valence-electron chi connectivity index (χ0n) is 14.6. The van der Waals surface area contributed by atoms with Crippen molar-refractivity contribution in [2.24, 2.45) is 0 Å². The first-order valence-corrected chi connectivity index (χ1v) is 11.2. The lowest BCUT2D eigenvalue weighted by Crippen LogP contribution is -2.51. The molecule has 1 aliphatic rings. The molecule has 1 aliphatic heterocycles. The van der Waals surface area contributed by atoms with Crippen molar-refractivity contribution in [2.45, 2.75) is 23.9 Å². The molecule has 0 aliphatic carbocycles. The number of piperazine rings is 1. The van der Waals surface area contributed by atoms with Gasteiger partial charge < -0.3 is 4.90 Å². The number of sulfonamides is 1. The smallest absolute Gasteiger partial charge is 0.338 e. The van der Waals surface area contributed by atoms with Crippen molar-refractivity contribution in [2.75, 3.05) is 26.2 Å². The fraction of sp³-hybridized carbons (Fsp3) is 0.467. The normalized spacial score (nSPS) is 16.5. The van der Waals surface area contributed by atoms with Gasteiger partial charge in [0, 0.05) is 26.2 Å². The van der Waals surface area contributed by atoms with Gasteiger partial charge in [-0.15, -0.1) is 11.3 Å². The summed E-state index contributed by atoms with van der Waals surface area (Å²) in [5.41, 5.74) is -0.885. The highest BCUT2D eigenvalue weighted by molar-refractivity contribution is 9.10. The van der Waals surface area contributed by atoms with Crippen LogP contribution < -0.4 is 0 Å². The molecular formula is C15H16BrF3N4O3S2. The van der Waals surface area contributed by atoms with E-state index in [-0.39, 0.29) is 47.1 Å². The summed E-state index contributed by atoms with van der Waals surface area (Å²) < 4.78 is 66.2. The summed E-state index contributed by atoms with van der Waals surface area (Å²) in [4.78, 5) is 13.9. The average Bonchev–Trinajstić information content (AvgIpc) is 3.26. The van der Waals surface area contributed by atoms with E-state index in [2.05, 4.69) is 21.0 Å². The lowest BCUT2D eigenvalue weighted by atomic mass is 10.3. The maximum Gasteiger partial charge on any atom is 0.436 e. The molecule has 2 aromatic rings. The highest BCUT2D eigenvalue weighted by atomic mass is 79.9. The first-order valence-electron chi connectivity index (χ1n) is 8.13. The first kappa shape index (κ1) is 21.3. The molecule has 154 valence electrons. The fourth-order valence-corrected chi connectivity index (χ4v) is 5.88. The summed E-state index contributed by atoms with van der Waals surface area (Å²) in [6.45, 7) is 1.67. The van der Waals surface area contributed by atoms with Crippen LogP contribution in [0.5, 0.6) is 0 Å². The van der Waals surface area contributed by atoms with Gasteiger partial charge in [0.15, 0.2) is 5.69 Å². The molecule has 1 amide bonds. The monoisotopic (exact) mass is 500 g/mol. The van der Waals surface area contributed by atoms with Crippen LogP contribution in [0.3, 0.4) is 0 Å². The van der Waals surface area contributed by atoms with E-state index in [0.717, 1.165) is 16.0 Å². The number of aromatic nitrogens is 2. The molecule has 0 N–H and O–H groups in total. The van der Waals surface area contributed by atoms with Crippen molar-refractivity contribution < 1.29 is 26.4 Å². The van der Waals surface area contributed by atoms with Crippen LogP contribution in [-0.4, -0.2) is 59.5 Å². The Hall–Kier alpha value is -1.44. The Morgan fingerprint density at radius 3 is 2.43 bits per heavy atom. The molecule has 0 bridgehead atoms. The SMILES string of the molecule is Cc1c(Br)c(C(F)(F)F)nn1CC(=O)N1CCN(S(=O)(=O)c2cccs2)CC1. The standard InChI is InChI=1S/C15H16BrF3N4O3S2/c1-10-13(16)14(15(17,18)19)20-23(10)9-11(24)21-4-6-22(7-5-21)28(25,26)12-3-2-8-27-12/h2-3,8H,4-7,9H2,1H3. The minimum absolute atomic E-state index is 0.127. The molecule has 7 nitrogen and oxygen atoms in total. The highest BCUT2D eigenvalue weighted by Gasteiger charge is 2.38. The maximum absolute atomic E-state index is 12.9. The van der Waals surface area contributed by atoms with Crippen molar-refractivity contribution in [1.82, 2.24) is 19.0 Å². The zero-order chi connectivity index (χ0) is 20.7. The molecule has 1 fully saturated rings. The van der Waals surface area contributed by atoms with Gasteiger partial charge in [0.2, 0.25) is 5.91 Å². The Labute approximate surface area is 171 Å². The minimum atomic E-state index is -4.63. The van der Waals surface area contributed by atoms with Crippen LogP contribution in [0.4, 0.5) is 13.2 Å². The summed E-state index contributed by atoms with van der Waals surface area (Å²) in [5.74, 6) is -0.417. The van der Waals surface area contributed by atoms with E-state index in [1.165, 1.54) is 22.2 Å². The summed E-state index contributed by atoms with van der Waals surface area (Å²) in [7, 11) is -3.59. The second kappa shape index (κ2) is 7.76. The van der Waals surface area contributed by atoms with Crippen molar-refractivity contribution in [3.8, 4) is 0 Å². The molecule has 0 unspecified atom stereocenters. The van der Waals surface area contributed by atoms with E-state index in [1.54, 1.807) is 11.4 Å². The van der Waals surface area contributed by atoms with Crippen molar-refractivity contribution in [3.63, 3.8) is 0 Å². The Kier molecular flexibility index (Phi) is 5.90. The topological polar surface area (TPSA) is 75.5 Å². The molecule has 28 heavy (non-hydrogen) atoms. The Morgan fingerprint density at radius 1 is 1.29 bits per heavy atom. The summed E-state index contributed by atoms with van der Waals surface area (Å²) in [6, 6.07) is 3.17. The molecule has 13 heteroatoms. The molecule has 1 saturated heterocycles. The van der Waals surface area contributed by atoms with Gasteiger partial charge in [0.1, 0.15) is 10.8 Å². The van der Waals surface area contributed by atoms with E-state index in [9.17, 15) is 26.4 Å². The molecule has 0 aromatic carbocycles. The summed E-state index contributed by atoms with van der Waals surface area (Å²) in [6.07, 6.45) is -4.63. The molecule has 0 radical (unpaired) electrons. The van der Waals surface area contributed by atoms with E-state index >= 15 is 0 Å². The molecule has 0 spiro atoms. The van der Waals surface area contributed by atoms with Crippen molar-refractivity contribution in [1.29, 1.82) is 0 Å². The van der Waals surface area contributed by atoms with Crippen LogP contribution >= 0.6 is 27.3 Å². The van der Waals surface area contributed by atoms with Crippen LogP contribution in [0.2, 0.25) is 0 Å². The van der Waals surface area contributed by atoms with Gasteiger partial charge in [-0.2, -0.15) is 22.6 Å². The van der Waals surface area contributed by atoms with E-state index < -0.39 is 27.8 Å². The molecular weight excluding hydrogens is 485 g/mol. The predicted molar refractivity (Wildman–Crippen MR) is 99.3 cm³/mol. The molecule has 0 atom stereocenters. The molecule has 0 saturated carbocycles. The van der Waals surface area contributed by atoms with Crippen molar-refractivity contribution >= 4 is 43.2 Å². The third-order valence-electron chi connectivity index (χ3n) is 4.37. The number of halogens is 4. The van der Waals surface area contributed by atoms with E-state index in [1.807, 2.05) is 0 Å².